The predicted molar refractivity (Wildman–Crippen MR) is 135 cm³/mol. The van der Waals surface area contributed by atoms with Crippen molar-refractivity contribution in [1.82, 2.24) is 29.3 Å². The SMILES string of the molecule is Cc1ccc(-n2c(=O)c3ccccc3n3c(SC(C)c4nc(-c5ccccc5)no4)nnc23)cc1. The number of thioether (sulfide) groups is 1. The topological polar surface area (TPSA) is 91.1 Å². The first-order chi connectivity index (χ1) is 17.1. The van der Waals surface area contributed by atoms with E-state index in [1.54, 1.807) is 4.57 Å². The fourth-order valence-corrected chi connectivity index (χ4v) is 4.88. The molecule has 0 aliphatic carbocycles. The highest BCUT2D eigenvalue weighted by Gasteiger charge is 2.22. The molecule has 0 N–H and O–H groups in total. The van der Waals surface area contributed by atoms with Crippen LogP contribution in [0, 0.1) is 6.92 Å². The molecule has 0 bridgehead atoms. The summed E-state index contributed by atoms with van der Waals surface area (Å²) < 4.78 is 9.07. The Bertz CT molecular complexity index is 1720. The van der Waals surface area contributed by atoms with Gasteiger partial charge in [0.15, 0.2) is 5.16 Å². The van der Waals surface area contributed by atoms with E-state index < -0.39 is 0 Å². The Hall–Kier alpha value is -4.24. The molecule has 3 aromatic carbocycles. The molecule has 1 atom stereocenters. The minimum Gasteiger partial charge on any atom is -0.338 e. The van der Waals surface area contributed by atoms with Crippen LogP contribution in [-0.4, -0.2) is 29.3 Å². The zero-order valence-corrected chi connectivity index (χ0v) is 19.8. The zero-order chi connectivity index (χ0) is 23.9. The first kappa shape index (κ1) is 21.3. The van der Waals surface area contributed by atoms with Crippen molar-refractivity contribution in [1.29, 1.82) is 0 Å². The van der Waals surface area contributed by atoms with E-state index in [0.717, 1.165) is 22.3 Å². The van der Waals surface area contributed by atoms with Gasteiger partial charge in [-0.15, -0.1) is 10.2 Å². The summed E-state index contributed by atoms with van der Waals surface area (Å²) in [4.78, 5) is 18.0. The number of rotatable bonds is 5. The Morgan fingerprint density at radius 2 is 1.66 bits per heavy atom. The Kier molecular flexibility index (Phi) is 5.18. The van der Waals surface area contributed by atoms with Crippen LogP contribution >= 0.6 is 11.8 Å². The Morgan fingerprint density at radius 3 is 2.46 bits per heavy atom. The summed E-state index contributed by atoms with van der Waals surface area (Å²) in [6.07, 6.45) is 0. The van der Waals surface area contributed by atoms with Gasteiger partial charge in [-0.1, -0.05) is 77.1 Å². The zero-order valence-electron chi connectivity index (χ0n) is 19.0. The third-order valence-corrected chi connectivity index (χ3v) is 6.82. The monoisotopic (exact) mass is 480 g/mol. The molecule has 0 saturated carbocycles. The highest BCUT2D eigenvalue weighted by Crippen LogP contribution is 2.35. The third-order valence-electron chi connectivity index (χ3n) is 5.79. The molecule has 0 spiro atoms. The van der Waals surface area contributed by atoms with Gasteiger partial charge in [-0.05, 0) is 38.1 Å². The molecule has 8 nitrogen and oxygen atoms in total. The van der Waals surface area contributed by atoms with Crippen LogP contribution in [0.15, 0.2) is 93.3 Å². The minimum atomic E-state index is -0.189. The molecule has 3 aromatic heterocycles. The summed E-state index contributed by atoms with van der Waals surface area (Å²) in [5.41, 5.74) is 3.34. The van der Waals surface area contributed by atoms with Crippen molar-refractivity contribution in [3.05, 3.63) is 101 Å². The van der Waals surface area contributed by atoms with Crippen molar-refractivity contribution in [2.75, 3.05) is 0 Å². The lowest BCUT2D eigenvalue weighted by molar-refractivity contribution is 0.380. The van der Waals surface area contributed by atoms with Crippen molar-refractivity contribution in [3.63, 3.8) is 0 Å². The number of nitrogens with zero attached hydrogens (tertiary/aromatic N) is 6. The standard InChI is InChI=1S/C26H20N6O2S/c1-16-12-14-19(15-13-16)31-24(33)20-10-6-7-11-21(20)32-25(31)28-29-26(32)35-17(2)23-27-22(30-34-23)18-8-4-3-5-9-18/h3-15,17H,1-2H3. The number of aromatic nitrogens is 6. The van der Waals surface area contributed by atoms with E-state index in [0.29, 0.717) is 28.0 Å². The van der Waals surface area contributed by atoms with Crippen LogP contribution < -0.4 is 5.56 Å². The van der Waals surface area contributed by atoms with Crippen LogP contribution in [0.25, 0.3) is 33.8 Å². The maximum Gasteiger partial charge on any atom is 0.267 e. The van der Waals surface area contributed by atoms with E-state index in [-0.39, 0.29) is 10.8 Å². The van der Waals surface area contributed by atoms with E-state index in [4.69, 9.17) is 4.52 Å². The van der Waals surface area contributed by atoms with Crippen molar-refractivity contribution in [2.24, 2.45) is 0 Å². The van der Waals surface area contributed by atoms with Gasteiger partial charge in [-0.3, -0.25) is 9.20 Å². The van der Waals surface area contributed by atoms with E-state index in [9.17, 15) is 4.79 Å². The molecule has 0 saturated heterocycles. The smallest absolute Gasteiger partial charge is 0.267 e. The summed E-state index contributed by atoms with van der Waals surface area (Å²) in [7, 11) is 0. The number of fused-ring (bicyclic) bond motifs is 3. The van der Waals surface area contributed by atoms with Crippen LogP contribution in [0.1, 0.15) is 23.6 Å². The molecule has 6 aromatic rings. The minimum absolute atomic E-state index is 0.140. The normalized spacial score (nSPS) is 12.4. The summed E-state index contributed by atoms with van der Waals surface area (Å²) >= 11 is 1.45. The van der Waals surface area contributed by atoms with Crippen molar-refractivity contribution < 1.29 is 4.52 Å². The van der Waals surface area contributed by atoms with E-state index >= 15 is 0 Å². The van der Waals surface area contributed by atoms with Gasteiger partial charge < -0.3 is 4.52 Å². The summed E-state index contributed by atoms with van der Waals surface area (Å²) in [5, 5.41) is 14.0. The lowest BCUT2D eigenvalue weighted by atomic mass is 10.2. The number of benzene rings is 3. The second-order valence-corrected chi connectivity index (χ2v) is 9.50. The first-order valence-electron chi connectivity index (χ1n) is 11.1. The number of hydrogen-bond acceptors (Lipinski definition) is 7. The lowest BCUT2D eigenvalue weighted by Crippen LogP contribution is -2.21. The highest BCUT2D eigenvalue weighted by molar-refractivity contribution is 7.99. The van der Waals surface area contributed by atoms with Crippen LogP contribution in [0.3, 0.4) is 0 Å². The molecule has 0 radical (unpaired) electrons. The Labute approximate surface area is 204 Å². The predicted octanol–water partition coefficient (Wildman–Crippen LogP) is 5.25. The van der Waals surface area contributed by atoms with Gasteiger partial charge in [0.05, 0.1) is 21.8 Å². The molecule has 6 rings (SSSR count). The fourth-order valence-electron chi connectivity index (χ4n) is 3.99. The maximum absolute atomic E-state index is 13.5. The molecule has 0 aliphatic heterocycles. The summed E-state index contributed by atoms with van der Waals surface area (Å²) in [6.45, 7) is 3.99. The first-order valence-corrected chi connectivity index (χ1v) is 12.0. The summed E-state index contributed by atoms with van der Waals surface area (Å²) in [6, 6.07) is 25.0. The van der Waals surface area contributed by atoms with Gasteiger partial charge in [0.25, 0.3) is 5.56 Å². The van der Waals surface area contributed by atoms with Gasteiger partial charge in [0.2, 0.25) is 17.5 Å². The second-order valence-electron chi connectivity index (χ2n) is 8.19. The Morgan fingerprint density at radius 1 is 0.914 bits per heavy atom. The van der Waals surface area contributed by atoms with Gasteiger partial charge in [-0.25, -0.2) is 4.57 Å². The molecule has 3 heterocycles. The van der Waals surface area contributed by atoms with Gasteiger partial charge in [0, 0.05) is 5.56 Å². The molecule has 0 amide bonds. The van der Waals surface area contributed by atoms with Gasteiger partial charge in [0.1, 0.15) is 0 Å². The van der Waals surface area contributed by atoms with Crippen LogP contribution in [-0.2, 0) is 0 Å². The Balaban J connectivity index is 1.46. The van der Waals surface area contributed by atoms with Gasteiger partial charge in [-0.2, -0.15) is 4.98 Å². The number of para-hydroxylation sites is 1. The maximum atomic E-state index is 13.5. The van der Waals surface area contributed by atoms with Gasteiger partial charge >= 0.3 is 0 Å². The molecule has 9 heteroatoms. The summed E-state index contributed by atoms with van der Waals surface area (Å²) in [5.74, 6) is 1.47. The quantitative estimate of drug-likeness (QED) is 0.311. The van der Waals surface area contributed by atoms with Crippen LogP contribution in [0.2, 0.25) is 0 Å². The molecular formula is C26H20N6O2S. The number of hydrogen-bond donors (Lipinski definition) is 0. The van der Waals surface area contributed by atoms with Crippen molar-refractivity contribution in [2.45, 2.75) is 24.3 Å². The highest BCUT2D eigenvalue weighted by atomic mass is 32.2. The largest absolute Gasteiger partial charge is 0.338 e. The molecule has 0 fully saturated rings. The van der Waals surface area contributed by atoms with Crippen LogP contribution in [0.5, 0.6) is 0 Å². The lowest BCUT2D eigenvalue weighted by Gasteiger charge is -2.12. The second kappa shape index (κ2) is 8.52. The van der Waals surface area contributed by atoms with E-state index in [1.165, 1.54) is 11.8 Å². The number of aryl methyl sites for hydroxylation is 1. The van der Waals surface area contributed by atoms with E-state index in [1.807, 2.05) is 97.1 Å². The van der Waals surface area contributed by atoms with E-state index in [2.05, 4.69) is 20.3 Å². The molecular weight excluding hydrogens is 460 g/mol. The average molecular weight is 481 g/mol. The molecule has 35 heavy (non-hydrogen) atoms. The van der Waals surface area contributed by atoms with Crippen molar-refractivity contribution in [3.8, 4) is 17.1 Å². The van der Waals surface area contributed by atoms with Crippen molar-refractivity contribution >= 4 is 28.4 Å². The molecule has 0 aliphatic rings. The molecule has 1 unspecified atom stereocenters. The molecule has 172 valence electrons. The fraction of sp³-hybridized carbons (Fsp3) is 0.115. The third kappa shape index (κ3) is 3.70. The average Bonchev–Trinajstić information content (AvgIpc) is 3.54. The van der Waals surface area contributed by atoms with Crippen LogP contribution in [0.4, 0.5) is 0 Å².